The van der Waals surface area contributed by atoms with Gasteiger partial charge in [0.1, 0.15) is 0 Å². The minimum absolute atomic E-state index is 0.166. The van der Waals surface area contributed by atoms with E-state index in [2.05, 4.69) is 0 Å². The Balaban J connectivity index is 3.24. The highest BCUT2D eigenvalue weighted by molar-refractivity contribution is 6.32. The van der Waals surface area contributed by atoms with Gasteiger partial charge in [0, 0.05) is 26.9 Å². The maximum atomic E-state index is 6.07. The molecule has 2 unspecified atom stereocenters. The third kappa shape index (κ3) is 6.59. The van der Waals surface area contributed by atoms with E-state index in [0.717, 1.165) is 41.4 Å². The van der Waals surface area contributed by atoms with Crippen LogP contribution in [0.1, 0.15) is 25.7 Å². The topological polar surface area (TPSA) is 0 Å². The highest BCUT2D eigenvalue weighted by Crippen LogP contribution is 2.19. The zero-order valence-electron chi connectivity index (χ0n) is 7.53. The molecule has 0 heterocycles. The fourth-order valence-corrected chi connectivity index (χ4v) is 2.56. The first-order valence-electron chi connectivity index (χ1n) is 4.56. The summed E-state index contributed by atoms with van der Waals surface area (Å²) in [6, 6.07) is 1.09. The number of hydrogen-bond acceptors (Lipinski definition) is 0. The predicted octanol–water partition coefficient (Wildman–Crippen LogP) is 2.78. The number of halogens is 3. The zero-order valence-corrected chi connectivity index (χ0v) is 11.8. The molecule has 0 bridgehead atoms. The molecule has 0 aromatic carbocycles. The van der Waals surface area contributed by atoms with Crippen LogP contribution in [-0.4, -0.2) is 26.9 Å². The maximum Gasteiger partial charge on any atom is 0.0496 e. The molecule has 0 amide bonds. The molecule has 2 atom stereocenters. The Morgan fingerprint density at radius 2 is 1.67 bits per heavy atom. The van der Waals surface area contributed by atoms with Crippen molar-refractivity contribution in [2.24, 2.45) is 0 Å². The molecule has 0 rings (SSSR count). The molecule has 0 radical (unpaired) electrons. The first kappa shape index (κ1) is 13.1. The summed E-state index contributed by atoms with van der Waals surface area (Å²) < 4.78 is 0. The van der Waals surface area contributed by atoms with E-state index in [1.54, 1.807) is 0 Å². The average Bonchev–Trinajstić information content (AvgIpc) is 2.10. The van der Waals surface area contributed by atoms with Crippen molar-refractivity contribution < 1.29 is 0 Å². The highest BCUT2D eigenvalue weighted by atomic mass is 35.5. The standard InChI is InChI=1S/C8H17Cl3Si/c9-5-3-1-2-4-7(10)8(11)6-12/h7-8H,1-6H2,12H3. The lowest BCUT2D eigenvalue weighted by Gasteiger charge is -2.13. The normalized spacial score (nSPS) is 16.2. The number of alkyl halides is 3. The van der Waals surface area contributed by atoms with E-state index in [1.807, 2.05) is 0 Å². The van der Waals surface area contributed by atoms with E-state index in [0.29, 0.717) is 0 Å². The van der Waals surface area contributed by atoms with Crippen molar-refractivity contribution in [1.82, 2.24) is 0 Å². The van der Waals surface area contributed by atoms with Crippen molar-refractivity contribution >= 4 is 45.0 Å². The van der Waals surface area contributed by atoms with Gasteiger partial charge in [-0.15, -0.1) is 34.8 Å². The fourth-order valence-electron chi connectivity index (χ4n) is 1.05. The van der Waals surface area contributed by atoms with Crippen LogP contribution in [0.2, 0.25) is 6.04 Å². The Kier molecular flexibility index (Phi) is 9.46. The maximum absolute atomic E-state index is 6.07. The molecule has 0 aliphatic rings. The Morgan fingerprint density at radius 1 is 1.00 bits per heavy atom. The third-order valence-corrected chi connectivity index (χ3v) is 4.82. The van der Waals surface area contributed by atoms with Gasteiger partial charge in [-0.25, -0.2) is 0 Å². The van der Waals surface area contributed by atoms with Gasteiger partial charge in [-0.05, 0) is 18.9 Å². The van der Waals surface area contributed by atoms with Crippen LogP contribution in [0.5, 0.6) is 0 Å². The van der Waals surface area contributed by atoms with E-state index in [4.69, 9.17) is 34.8 Å². The largest absolute Gasteiger partial charge is 0.127 e. The minimum Gasteiger partial charge on any atom is -0.127 e. The Morgan fingerprint density at radius 3 is 2.17 bits per heavy atom. The summed E-state index contributed by atoms with van der Waals surface area (Å²) in [5.74, 6) is 0.762. The first-order chi connectivity index (χ1) is 5.72. The van der Waals surface area contributed by atoms with Gasteiger partial charge in [0.15, 0.2) is 0 Å². The fraction of sp³-hybridized carbons (Fsp3) is 1.00. The molecule has 74 valence electrons. The lowest BCUT2D eigenvalue weighted by atomic mass is 10.1. The lowest BCUT2D eigenvalue weighted by Crippen LogP contribution is -2.14. The molecule has 0 nitrogen and oxygen atoms in total. The molecule has 0 spiro atoms. The smallest absolute Gasteiger partial charge is 0.0496 e. The molecule has 0 aromatic rings. The van der Waals surface area contributed by atoms with Crippen molar-refractivity contribution in [3.63, 3.8) is 0 Å². The molecule has 0 N–H and O–H groups in total. The van der Waals surface area contributed by atoms with Gasteiger partial charge in [-0.3, -0.25) is 0 Å². The summed E-state index contributed by atoms with van der Waals surface area (Å²) >= 11 is 17.6. The van der Waals surface area contributed by atoms with Gasteiger partial charge in [0.25, 0.3) is 0 Å². The monoisotopic (exact) mass is 246 g/mol. The van der Waals surface area contributed by atoms with E-state index in [1.165, 1.54) is 6.42 Å². The summed E-state index contributed by atoms with van der Waals surface area (Å²) in [6.07, 6.45) is 4.47. The Labute approximate surface area is 93.4 Å². The Bertz CT molecular complexity index is 100. The molecule has 12 heavy (non-hydrogen) atoms. The van der Waals surface area contributed by atoms with E-state index >= 15 is 0 Å². The molecule has 0 saturated heterocycles. The van der Waals surface area contributed by atoms with Crippen LogP contribution in [0.3, 0.4) is 0 Å². The SMILES string of the molecule is [SiH3]CC(Cl)C(Cl)CCCCCCl. The van der Waals surface area contributed by atoms with Crippen LogP contribution in [0.4, 0.5) is 0 Å². The van der Waals surface area contributed by atoms with Crippen LogP contribution in [0, 0.1) is 0 Å². The number of hydrogen-bond donors (Lipinski definition) is 0. The van der Waals surface area contributed by atoms with Crippen LogP contribution in [0.15, 0.2) is 0 Å². The molecular weight excluding hydrogens is 231 g/mol. The summed E-state index contributed by atoms with van der Waals surface area (Å²) in [4.78, 5) is 0. The van der Waals surface area contributed by atoms with Crippen molar-refractivity contribution in [2.45, 2.75) is 42.5 Å². The van der Waals surface area contributed by atoms with Gasteiger partial charge in [-0.2, -0.15) is 0 Å². The average molecular weight is 248 g/mol. The van der Waals surface area contributed by atoms with Gasteiger partial charge >= 0.3 is 0 Å². The number of unbranched alkanes of at least 4 members (excludes halogenated alkanes) is 2. The van der Waals surface area contributed by atoms with Crippen molar-refractivity contribution in [2.75, 3.05) is 5.88 Å². The second-order valence-electron chi connectivity index (χ2n) is 2.98. The van der Waals surface area contributed by atoms with E-state index in [9.17, 15) is 0 Å². The van der Waals surface area contributed by atoms with Crippen LogP contribution in [0.25, 0.3) is 0 Å². The van der Waals surface area contributed by atoms with Crippen molar-refractivity contribution in [3.05, 3.63) is 0 Å². The minimum atomic E-state index is 0.166. The summed E-state index contributed by atoms with van der Waals surface area (Å²) in [6.45, 7) is 0. The summed E-state index contributed by atoms with van der Waals surface area (Å²) in [5, 5.41) is 0.355. The third-order valence-electron chi connectivity index (χ3n) is 1.90. The molecule has 4 heteroatoms. The quantitative estimate of drug-likeness (QED) is 0.369. The Hall–Kier alpha value is 1.09. The zero-order chi connectivity index (χ0) is 9.40. The highest BCUT2D eigenvalue weighted by Gasteiger charge is 2.13. The molecule has 0 fully saturated rings. The molecule has 0 aliphatic carbocycles. The van der Waals surface area contributed by atoms with Crippen molar-refractivity contribution in [1.29, 1.82) is 0 Å². The molecule has 0 aromatic heterocycles. The van der Waals surface area contributed by atoms with Crippen LogP contribution in [-0.2, 0) is 0 Å². The molecule has 0 aliphatic heterocycles. The van der Waals surface area contributed by atoms with Gasteiger partial charge < -0.3 is 0 Å². The van der Waals surface area contributed by atoms with Gasteiger partial charge in [-0.1, -0.05) is 12.8 Å². The summed E-state index contributed by atoms with van der Waals surface area (Å²) in [5.41, 5.74) is 0. The second kappa shape index (κ2) is 8.67. The lowest BCUT2D eigenvalue weighted by molar-refractivity contribution is 0.635. The van der Waals surface area contributed by atoms with Gasteiger partial charge in [0.05, 0.1) is 0 Å². The van der Waals surface area contributed by atoms with Crippen molar-refractivity contribution in [3.8, 4) is 0 Å². The van der Waals surface area contributed by atoms with Crippen LogP contribution >= 0.6 is 34.8 Å². The van der Waals surface area contributed by atoms with E-state index in [-0.39, 0.29) is 10.8 Å². The molecular formula is C8H17Cl3Si. The number of rotatable bonds is 7. The van der Waals surface area contributed by atoms with Crippen LogP contribution < -0.4 is 0 Å². The summed E-state index contributed by atoms with van der Waals surface area (Å²) in [7, 11) is 1.14. The first-order valence-corrected chi connectivity index (χ1v) is 7.38. The van der Waals surface area contributed by atoms with E-state index < -0.39 is 0 Å². The van der Waals surface area contributed by atoms with Gasteiger partial charge in [0.2, 0.25) is 0 Å². The second-order valence-corrected chi connectivity index (χ2v) is 5.29. The predicted molar refractivity (Wildman–Crippen MR) is 63.2 cm³/mol. The molecule has 0 saturated carbocycles.